The van der Waals surface area contributed by atoms with Crippen molar-refractivity contribution in [2.45, 2.75) is 20.8 Å². The van der Waals surface area contributed by atoms with Gasteiger partial charge in [-0.05, 0) is 48.3 Å². The van der Waals surface area contributed by atoms with E-state index in [1.165, 1.54) is 0 Å². The molecule has 0 aromatic heterocycles. The zero-order chi connectivity index (χ0) is 15.4. The molecule has 1 aliphatic rings. The second-order valence-corrected chi connectivity index (χ2v) is 5.17. The molecule has 0 fully saturated rings. The Bertz CT molecular complexity index is 652. The maximum Gasteiger partial charge on any atom is 0.365 e. The highest BCUT2D eigenvalue weighted by Gasteiger charge is 2.19. The first-order valence-electron chi connectivity index (χ1n) is 6.78. The fourth-order valence-electron chi connectivity index (χ4n) is 1.95. The molecule has 0 saturated heterocycles. The van der Waals surface area contributed by atoms with Crippen LogP contribution in [0.4, 0.5) is 0 Å². The number of rotatable bonds is 3. The molecular formula is C17H17NO3. The number of allylic oxidation sites excluding steroid dienone is 4. The second-order valence-electron chi connectivity index (χ2n) is 5.17. The van der Waals surface area contributed by atoms with E-state index in [1.807, 2.05) is 19.9 Å². The summed E-state index contributed by atoms with van der Waals surface area (Å²) in [5.74, 6) is -0.436. The summed E-state index contributed by atoms with van der Waals surface area (Å²) >= 11 is 0. The van der Waals surface area contributed by atoms with E-state index in [4.69, 9.17) is 4.84 Å². The van der Waals surface area contributed by atoms with Gasteiger partial charge in [0.25, 0.3) is 0 Å². The SMILES string of the molecule is CC1=C/C(=N/OC(=O)c2ccccc2)C(C(C)C)=CC1=O. The summed E-state index contributed by atoms with van der Waals surface area (Å²) < 4.78 is 0. The van der Waals surface area contributed by atoms with Crippen LogP contribution < -0.4 is 0 Å². The fraction of sp³-hybridized carbons (Fsp3) is 0.235. The third kappa shape index (κ3) is 3.54. The van der Waals surface area contributed by atoms with Crippen molar-refractivity contribution in [1.29, 1.82) is 0 Å². The van der Waals surface area contributed by atoms with E-state index in [1.54, 1.807) is 43.3 Å². The Kier molecular flexibility index (Phi) is 4.48. The number of benzene rings is 1. The molecule has 0 spiro atoms. The molecule has 0 radical (unpaired) electrons. The Labute approximate surface area is 123 Å². The van der Waals surface area contributed by atoms with Gasteiger partial charge in [0.2, 0.25) is 0 Å². The van der Waals surface area contributed by atoms with Crippen LogP contribution in [-0.2, 0) is 9.63 Å². The third-order valence-corrected chi connectivity index (χ3v) is 3.18. The normalized spacial score (nSPS) is 16.8. The molecule has 1 aromatic carbocycles. The van der Waals surface area contributed by atoms with Gasteiger partial charge in [0, 0.05) is 0 Å². The Morgan fingerprint density at radius 1 is 1.14 bits per heavy atom. The lowest BCUT2D eigenvalue weighted by Crippen LogP contribution is -2.16. The summed E-state index contributed by atoms with van der Waals surface area (Å²) in [6.45, 7) is 5.63. The Balaban J connectivity index is 2.21. The van der Waals surface area contributed by atoms with Crippen LogP contribution >= 0.6 is 0 Å². The molecule has 0 heterocycles. The van der Waals surface area contributed by atoms with Crippen LogP contribution in [0.3, 0.4) is 0 Å². The average Bonchev–Trinajstić information content (AvgIpc) is 2.48. The number of carbonyl (C=O) groups is 2. The Morgan fingerprint density at radius 3 is 2.43 bits per heavy atom. The van der Waals surface area contributed by atoms with E-state index in [-0.39, 0.29) is 11.7 Å². The van der Waals surface area contributed by atoms with Gasteiger partial charge < -0.3 is 4.84 Å². The number of ketones is 1. The molecular weight excluding hydrogens is 266 g/mol. The molecule has 0 aliphatic heterocycles. The van der Waals surface area contributed by atoms with Gasteiger partial charge in [0.05, 0.1) is 5.56 Å². The van der Waals surface area contributed by atoms with Crippen molar-refractivity contribution in [3.05, 3.63) is 59.2 Å². The Hall–Kier alpha value is -2.49. The van der Waals surface area contributed by atoms with E-state index in [0.29, 0.717) is 16.8 Å². The lowest BCUT2D eigenvalue weighted by molar-refractivity contribution is -0.111. The maximum atomic E-state index is 11.9. The number of carbonyl (C=O) groups excluding carboxylic acids is 2. The summed E-state index contributed by atoms with van der Waals surface area (Å²) in [5.41, 5.74) is 2.30. The Morgan fingerprint density at radius 2 is 1.81 bits per heavy atom. The summed E-state index contributed by atoms with van der Waals surface area (Å²) in [6.07, 6.45) is 3.20. The quantitative estimate of drug-likeness (QED) is 0.486. The largest absolute Gasteiger partial charge is 0.365 e. The molecule has 4 nitrogen and oxygen atoms in total. The number of hydrogen-bond acceptors (Lipinski definition) is 4. The summed E-state index contributed by atoms with van der Waals surface area (Å²) in [5, 5.41) is 3.92. The molecule has 1 aliphatic carbocycles. The topological polar surface area (TPSA) is 55.7 Å². The van der Waals surface area contributed by atoms with Crippen LogP contribution in [0.15, 0.2) is 58.8 Å². The van der Waals surface area contributed by atoms with Crippen LogP contribution in [0.2, 0.25) is 0 Å². The van der Waals surface area contributed by atoms with Crippen LogP contribution in [0, 0.1) is 5.92 Å². The minimum atomic E-state index is -0.519. The van der Waals surface area contributed by atoms with Crippen molar-refractivity contribution in [2.75, 3.05) is 0 Å². The third-order valence-electron chi connectivity index (χ3n) is 3.18. The predicted molar refractivity (Wildman–Crippen MR) is 81.0 cm³/mol. The van der Waals surface area contributed by atoms with Crippen LogP contribution in [0.5, 0.6) is 0 Å². The highest BCUT2D eigenvalue weighted by molar-refractivity contribution is 6.21. The van der Waals surface area contributed by atoms with Crippen molar-refractivity contribution in [3.63, 3.8) is 0 Å². The first-order chi connectivity index (χ1) is 9.99. The molecule has 0 N–H and O–H groups in total. The zero-order valence-electron chi connectivity index (χ0n) is 12.3. The lowest BCUT2D eigenvalue weighted by atomic mass is 9.90. The van der Waals surface area contributed by atoms with Gasteiger partial charge in [-0.15, -0.1) is 0 Å². The van der Waals surface area contributed by atoms with E-state index < -0.39 is 5.97 Å². The van der Waals surface area contributed by atoms with Gasteiger partial charge in [-0.2, -0.15) is 0 Å². The average molecular weight is 283 g/mol. The van der Waals surface area contributed by atoms with Gasteiger partial charge in [-0.1, -0.05) is 37.2 Å². The van der Waals surface area contributed by atoms with Gasteiger partial charge in [-0.3, -0.25) is 4.79 Å². The molecule has 0 saturated carbocycles. The smallest absolute Gasteiger partial charge is 0.312 e. The summed E-state index contributed by atoms with van der Waals surface area (Å²) in [6, 6.07) is 8.65. The van der Waals surface area contributed by atoms with E-state index in [0.717, 1.165) is 5.57 Å². The summed E-state index contributed by atoms with van der Waals surface area (Å²) in [4.78, 5) is 28.6. The van der Waals surface area contributed by atoms with Crippen molar-refractivity contribution in [3.8, 4) is 0 Å². The zero-order valence-corrected chi connectivity index (χ0v) is 12.3. The second kappa shape index (κ2) is 6.31. The number of oxime groups is 1. The minimum absolute atomic E-state index is 0.0352. The lowest BCUT2D eigenvalue weighted by Gasteiger charge is -2.15. The van der Waals surface area contributed by atoms with Crippen molar-refractivity contribution in [1.82, 2.24) is 0 Å². The van der Waals surface area contributed by atoms with Crippen LogP contribution in [0.25, 0.3) is 0 Å². The molecule has 2 rings (SSSR count). The molecule has 4 heteroatoms. The van der Waals surface area contributed by atoms with Crippen molar-refractivity contribution < 1.29 is 14.4 Å². The summed E-state index contributed by atoms with van der Waals surface area (Å²) in [7, 11) is 0. The predicted octanol–water partition coefficient (Wildman–Crippen LogP) is 3.31. The monoisotopic (exact) mass is 283 g/mol. The van der Waals surface area contributed by atoms with Gasteiger partial charge in [0.15, 0.2) is 5.78 Å². The first-order valence-corrected chi connectivity index (χ1v) is 6.78. The standard InChI is InChI=1S/C17H17NO3/c1-11(2)14-10-16(19)12(3)9-15(14)18-21-17(20)13-7-5-4-6-8-13/h4-11H,1-3H3/b18-15-. The number of nitrogens with zero attached hydrogens (tertiary/aromatic N) is 1. The number of hydrogen-bond donors (Lipinski definition) is 0. The van der Waals surface area contributed by atoms with Crippen LogP contribution in [-0.4, -0.2) is 17.5 Å². The van der Waals surface area contributed by atoms with Crippen LogP contribution in [0.1, 0.15) is 31.1 Å². The molecule has 108 valence electrons. The van der Waals surface area contributed by atoms with Crippen molar-refractivity contribution >= 4 is 17.5 Å². The van der Waals surface area contributed by atoms with E-state index >= 15 is 0 Å². The molecule has 21 heavy (non-hydrogen) atoms. The molecule has 1 aromatic rings. The molecule has 0 amide bonds. The highest BCUT2D eigenvalue weighted by Crippen LogP contribution is 2.20. The first kappa shape index (κ1) is 14.9. The maximum absolute atomic E-state index is 11.9. The van der Waals surface area contributed by atoms with E-state index in [9.17, 15) is 9.59 Å². The molecule has 0 bridgehead atoms. The fourth-order valence-corrected chi connectivity index (χ4v) is 1.95. The highest BCUT2D eigenvalue weighted by atomic mass is 16.7. The van der Waals surface area contributed by atoms with Crippen molar-refractivity contribution in [2.24, 2.45) is 11.1 Å². The van der Waals surface area contributed by atoms with E-state index in [2.05, 4.69) is 5.16 Å². The molecule has 0 atom stereocenters. The minimum Gasteiger partial charge on any atom is -0.312 e. The van der Waals surface area contributed by atoms with Gasteiger partial charge in [-0.25, -0.2) is 4.79 Å². The van der Waals surface area contributed by atoms with Gasteiger partial charge in [0.1, 0.15) is 5.71 Å². The molecule has 0 unspecified atom stereocenters. The van der Waals surface area contributed by atoms with Gasteiger partial charge >= 0.3 is 5.97 Å².